The van der Waals surface area contributed by atoms with E-state index in [0.717, 1.165) is 28.2 Å². The lowest BCUT2D eigenvalue weighted by atomic mass is 10.1. The minimum absolute atomic E-state index is 0.0462. The van der Waals surface area contributed by atoms with E-state index in [0.29, 0.717) is 20.7 Å². The molecule has 25 heavy (non-hydrogen) atoms. The van der Waals surface area contributed by atoms with Crippen molar-refractivity contribution in [2.24, 2.45) is 4.99 Å². The number of benzene rings is 1. The number of aryl methyl sites for hydroxylation is 1. The lowest BCUT2D eigenvalue weighted by molar-refractivity contribution is -0.380. The lowest BCUT2D eigenvalue weighted by Gasteiger charge is -2.03. The summed E-state index contributed by atoms with van der Waals surface area (Å²) < 4.78 is 0. The zero-order valence-electron chi connectivity index (χ0n) is 12.9. The molecule has 126 valence electrons. The van der Waals surface area contributed by atoms with E-state index in [9.17, 15) is 14.9 Å². The van der Waals surface area contributed by atoms with Gasteiger partial charge in [0.25, 0.3) is 5.91 Å². The number of hydrogen-bond donors (Lipinski definition) is 1. The molecule has 1 aromatic carbocycles. The number of nitrogens with one attached hydrogen (secondary N) is 1. The minimum atomic E-state index is -0.452. The molecular formula is C15H11N5O3S2. The summed E-state index contributed by atoms with van der Waals surface area (Å²) in [5.74, 6) is -0.265. The Balaban J connectivity index is 1.68. The molecule has 1 amide bonds. The highest BCUT2D eigenvalue weighted by molar-refractivity contribution is 7.19. The monoisotopic (exact) mass is 373 g/mol. The molecule has 0 radical (unpaired) electrons. The Hall–Kier alpha value is -2.98. The second kappa shape index (κ2) is 7.28. The van der Waals surface area contributed by atoms with E-state index >= 15 is 0 Å². The first-order chi connectivity index (χ1) is 12.0. The predicted molar refractivity (Wildman–Crippen MR) is 97.3 cm³/mol. The van der Waals surface area contributed by atoms with Crippen LogP contribution in [0.4, 0.5) is 15.3 Å². The quantitative estimate of drug-likeness (QED) is 0.415. The van der Waals surface area contributed by atoms with E-state index in [-0.39, 0.29) is 10.9 Å². The maximum Gasteiger partial charge on any atom is 0.324 e. The Kier molecular flexibility index (Phi) is 4.91. The fourth-order valence-corrected chi connectivity index (χ4v) is 3.22. The van der Waals surface area contributed by atoms with E-state index in [1.807, 2.05) is 19.1 Å². The first-order valence-electron chi connectivity index (χ1n) is 7.02. The van der Waals surface area contributed by atoms with Gasteiger partial charge in [0.05, 0.1) is 9.80 Å². The summed E-state index contributed by atoms with van der Waals surface area (Å²) in [6, 6.07) is 10.3. The van der Waals surface area contributed by atoms with Gasteiger partial charge >= 0.3 is 5.00 Å². The van der Waals surface area contributed by atoms with E-state index in [4.69, 9.17) is 0 Å². The summed E-state index contributed by atoms with van der Waals surface area (Å²) in [7, 11) is 0. The number of rotatable bonds is 5. The predicted octanol–water partition coefficient (Wildman–Crippen LogP) is 3.82. The summed E-state index contributed by atoms with van der Waals surface area (Å²) >= 11 is 2.13. The normalized spacial score (nSPS) is 10.9. The number of thiophene rings is 1. The second-order valence-electron chi connectivity index (χ2n) is 4.85. The number of nitro groups is 1. The van der Waals surface area contributed by atoms with Crippen LogP contribution < -0.4 is 5.32 Å². The Morgan fingerprint density at radius 3 is 2.76 bits per heavy atom. The lowest BCUT2D eigenvalue weighted by Crippen LogP contribution is -2.12. The molecule has 2 heterocycles. The van der Waals surface area contributed by atoms with Crippen LogP contribution in [0.3, 0.4) is 0 Å². The molecule has 3 rings (SSSR count). The molecule has 0 bridgehead atoms. The molecule has 0 atom stereocenters. The number of hydrogen-bond acceptors (Lipinski definition) is 8. The molecule has 0 saturated heterocycles. The number of carbonyl (C=O) groups excluding carboxylic acids is 1. The van der Waals surface area contributed by atoms with Gasteiger partial charge in [-0.3, -0.25) is 20.2 Å². The smallest absolute Gasteiger partial charge is 0.296 e. The van der Waals surface area contributed by atoms with Crippen LogP contribution >= 0.6 is 22.7 Å². The fourth-order valence-electron chi connectivity index (χ4n) is 1.94. The van der Waals surface area contributed by atoms with Crippen LogP contribution in [0.1, 0.15) is 20.8 Å². The highest BCUT2D eigenvalue weighted by atomic mass is 32.1. The number of aliphatic imine (C=N–C) groups is 1. The highest BCUT2D eigenvalue weighted by Crippen LogP contribution is 2.26. The third kappa shape index (κ3) is 4.11. The summed E-state index contributed by atoms with van der Waals surface area (Å²) in [4.78, 5) is 27.2. The minimum Gasteiger partial charge on any atom is -0.296 e. The largest absolute Gasteiger partial charge is 0.324 e. The summed E-state index contributed by atoms with van der Waals surface area (Å²) in [6.45, 7) is 1.85. The van der Waals surface area contributed by atoms with E-state index < -0.39 is 4.92 Å². The van der Waals surface area contributed by atoms with Gasteiger partial charge in [-0.15, -0.1) is 10.2 Å². The van der Waals surface area contributed by atoms with Crippen LogP contribution in [0.2, 0.25) is 0 Å². The Morgan fingerprint density at radius 2 is 2.04 bits per heavy atom. The number of carbonyl (C=O) groups is 1. The van der Waals surface area contributed by atoms with E-state index in [2.05, 4.69) is 20.5 Å². The molecule has 8 nitrogen and oxygen atoms in total. The summed E-state index contributed by atoms with van der Waals surface area (Å²) in [5.41, 5.74) is 1.43. The van der Waals surface area contributed by atoms with E-state index in [1.165, 1.54) is 12.3 Å². The molecule has 1 N–H and O–H groups in total. The first-order valence-corrected chi connectivity index (χ1v) is 8.65. The van der Waals surface area contributed by atoms with Crippen LogP contribution in [0, 0.1) is 17.0 Å². The summed E-state index contributed by atoms with van der Waals surface area (Å²) in [5, 5.41) is 21.8. The van der Waals surface area contributed by atoms with Crippen molar-refractivity contribution in [3.05, 3.63) is 62.5 Å². The summed E-state index contributed by atoms with van der Waals surface area (Å²) in [6.07, 6.45) is 1.48. The third-order valence-corrected chi connectivity index (χ3v) is 4.84. The van der Waals surface area contributed by atoms with Crippen LogP contribution in [-0.4, -0.2) is 27.2 Å². The number of amides is 1. The third-order valence-electron chi connectivity index (χ3n) is 3.12. The average Bonchev–Trinajstić information content (AvgIpc) is 3.22. The molecule has 0 saturated carbocycles. The van der Waals surface area contributed by atoms with Crippen LogP contribution in [0.5, 0.6) is 0 Å². The van der Waals surface area contributed by atoms with Crippen molar-refractivity contribution in [2.75, 3.05) is 5.32 Å². The molecule has 3 aromatic rings. The van der Waals surface area contributed by atoms with Crippen LogP contribution in [-0.2, 0) is 0 Å². The molecule has 2 aromatic heterocycles. The van der Waals surface area contributed by atoms with Gasteiger partial charge in [-0.25, -0.2) is 4.99 Å². The number of nitrogens with zero attached hydrogens (tertiary/aromatic N) is 4. The fraction of sp³-hybridized carbons (Fsp3) is 0.0667. The molecule has 0 aliphatic carbocycles. The van der Waals surface area contributed by atoms with Crippen molar-refractivity contribution in [3.63, 3.8) is 0 Å². The maximum atomic E-state index is 12.2. The highest BCUT2D eigenvalue weighted by Gasteiger charge is 2.12. The van der Waals surface area contributed by atoms with Crippen LogP contribution in [0.25, 0.3) is 0 Å². The van der Waals surface area contributed by atoms with Gasteiger partial charge < -0.3 is 0 Å². The Labute approximate surface area is 150 Å². The van der Waals surface area contributed by atoms with Gasteiger partial charge in [0, 0.05) is 17.8 Å². The van der Waals surface area contributed by atoms with Gasteiger partial charge in [-0.2, -0.15) is 0 Å². The molecule has 0 aliphatic heterocycles. The van der Waals surface area contributed by atoms with Gasteiger partial charge in [0.1, 0.15) is 0 Å². The first kappa shape index (κ1) is 16.9. The Morgan fingerprint density at radius 1 is 1.24 bits per heavy atom. The van der Waals surface area contributed by atoms with Crippen molar-refractivity contribution >= 4 is 50.1 Å². The molecular weight excluding hydrogens is 362 g/mol. The zero-order valence-corrected chi connectivity index (χ0v) is 14.5. The molecule has 0 aliphatic rings. The average molecular weight is 373 g/mol. The molecule has 0 fully saturated rings. The standard InChI is InChI=1S/C15H11N5O3S2/c1-9-4-2-3-5-11(9)13(21)17-15-19-18-14(25-15)16-8-10-6-7-12(24-10)20(22)23/h2-8H,1H3,(H,17,19,21). The second-order valence-corrected chi connectivity index (χ2v) is 6.90. The van der Waals surface area contributed by atoms with Crippen molar-refractivity contribution in [1.29, 1.82) is 0 Å². The molecule has 10 heteroatoms. The maximum absolute atomic E-state index is 12.2. The van der Waals surface area contributed by atoms with Crippen molar-refractivity contribution < 1.29 is 9.72 Å². The number of anilines is 1. The zero-order chi connectivity index (χ0) is 17.8. The van der Waals surface area contributed by atoms with Gasteiger partial charge in [0.15, 0.2) is 0 Å². The molecule has 0 unspecified atom stereocenters. The Bertz CT molecular complexity index is 963. The molecule has 0 spiro atoms. The van der Waals surface area contributed by atoms with Gasteiger partial charge in [-0.05, 0) is 24.6 Å². The van der Waals surface area contributed by atoms with Crippen molar-refractivity contribution in [1.82, 2.24) is 10.2 Å². The van der Waals surface area contributed by atoms with Crippen LogP contribution in [0.15, 0.2) is 41.4 Å². The number of aromatic nitrogens is 2. The van der Waals surface area contributed by atoms with Crippen molar-refractivity contribution in [2.45, 2.75) is 6.92 Å². The van der Waals surface area contributed by atoms with Gasteiger partial charge in [0.2, 0.25) is 10.3 Å². The van der Waals surface area contributed by atoms with Gasteiger partial charge in [-0.1, -0.05) is 40.9 Å². The van der Waals surface area contributed by atoms with E-state index in [1.54, 1.807) is 18.2 Å². The SMILES string of the molecule is Cc1ccccc1C(=O)Nc1nnc(N=Cc2ccc([N+](=O)[O-])s2)s1. The van der Waals surface area contributed by atoms with Crippen molar-refractivity contribution in [3.8, 4) is 0 Å². The topological polar surface area (TPSA) is 110 Å².